The van der Waals surface area contributed by atoms with Gasteiger partial charge in [0.05, 0.1) is 11.5 Å². The van der Waals surface area contributed by atoms with Crippen molar-refractivity contribution < 1.29 is 0 Å². The van der Waals surface area contributed by atoms with Gasteiger partial charge in [0.25, 0.3) is 0 Å². The SMILES string of the molecule is N#CC1=CCC(c2cccc3c2Sc2c(C4=NC(c5ccccc5)N=C(c5ccc(-c6ccccc6)cc5)N4)cccc2C32c3ccccc3C3C=CC=CC32)C=C1. The van der Waals surface area contributed by atoms with Crippen molar-refractivity contribution in [3.63, 3.8) is 0 Å². The Labute approximate surface area is 343 Å². The van der Waals surface area contributed by atoms with Gasteiger partial charge in [0.15, 0.2) is 6.17 Å². The summed E-state index contributed by atoms with van der Waals surface area (Å²) < 4.78 is 0. The second-order valence-electron chi connectivity index (χ2n) is 15.5. The van der Waals surface area contributed by atoms with E-state index in [1.807, 2.05) is 30.0 Å². The van der Waals surface area contributed by atoms with Crippen LogP contribution in [0.25, 0.3) is 11.1 Å². The molecule has 1 N–H and O–H groups in total. The Morgan fingerprint density at radius 1 is 0.603 bits per heavy atom. The number of rotatable bonds is 5. The maximum atomic E-state index is 9.68. The number of aliphatic imine (C=N–C) groups is 2. The van der Waals surface area contributed by atoms with E-state index in [0.29, 0.717) is 0 Å². The summed E-state index contributed by atoms with van der Waals surface area (Å²) in [6.45, 7) is 0. The first-order valence-corrected chi connectivity index (χ1v) is 20.8. The zero-order chi connectivity index (χ0) is 38.6. The Balaban J connectivity index is 1.10. The first kappa shape index (κ1) is 34.5. The van der Waals surface area contributed by atoms with E-state index in [4.69, 9.17) is 9.98 Å². The van der Waals surface area contributed by atoms with Crippen LogP contribution in [0.2, 0.25) is 0 Å². The largest absolute Gasteiger partial charge is 0.324 e. The van der Waals surface area contributed by atoms with Gasteiger partial charge >= 0.3 is 0 Å². The molecule has 2 heterocycles. The van der Waals surface area contributed by atoms with Gasteiger partial charge in [-0.1, -0.05) is 194 Å². The summed E-state index contributed by atoms with van der Waals surface area (Å²) in [6, 6.07) is 54.8. The molecule has 0 radical (unpaired) electrons. The van der Waals surface area contributed by atoms with Crippen molar-refractivity contribution in [3.05, 3.63) is 238 Å². The topological polar surface area (TPSA) is 60.5 Å². The van der Waals surface area contributed by atoms with Crippen LogP contribution in [0.5, 0.6) is 0 Å². The number of hydrogen-bond donors (Lipinski definition) is 1. The molecular formula is C53H38N4S. The van der Waals surface area contributed by atoms with Crippen molar-refractivity contribution in [2.45, 2.75) is 39.6 Å². The quantitative estimate of drug-likeness (QED) is 0.190. The van der Waals surface area contributed by atoms with Gasteiger partial charge in [-0.15, -0.1) is 0 Å². The van der Waals surface area contributed by atoms with Gasteiger partial charge in [0, 0.05) is 44.2 Å². The first-order valence-electron chi connectivity index (χ1n) is 20.0. The summed E-state index contributed by atoms with van der Waals surface area (Å²) in [4.78, 5) is 13.2. The lowest BCUT2D eigenvalue weighted by molar-refractivity contribution is 0.440. The number of fused-ring (bicyclic) bond motifs is 9. The van der Waals surface area contributed by atoms with E-state index in [9.17, 15) is 5.26 Å². The van der Waals surface area contributed by atoms with Crippen LogP contribution in [0, 0.1) is 17.2 Å². The van der Waals surface area contributed by atoms with Gasteiger partial charge in [-0.3, -0.25) is 0 Å². The summed E-state index contributed by atoms with van der Waals surface area (Å²) in [5, 5.41) is 13.5. The smallest absolute Gasteiger partial charge is 0.169 e. The lowest BCUT2D eigenvalue weighted by Crippen LogP contribution is -2.40. The number of nitrogens with one attached hydrogen (secondary N) is 1. The van der Waals surface area contributed by atoms with Crippen LogP contribution < -0.4 is 5.32 Å². The standard InChI is InChI=1S/C53H38N4S/c54-33-34-25-27-37(28-26-34)40-19-11-23-46-48(40)58-49-43(20-12-24-47(49)53(46)44-21-9-7-17-41(44)42-18-8-10-22-45(42)53)52-56-50(38-15-5-2-6-16-38)55-51(57-52)39-31-29-36(30-32-39)35-13-3-1-4-14-35/h1-27,29-32,37,41,44,50H,28H2,(H,55,56,57). The molecule has 3 aliphatic carbocycles. The molecule has 0 amide bonds. The maximum Gasteiger partial charge on any atom is 0.169 e. The monoisotopic (exact) mass is 762 g/mol. The molecule has 2 aliphatic heterocycles. The highest BCUT2D eigenvalue weighted by Gasteiger charge is 2.56. The Kier molecular flexibility index (Phi) is 8.34. The van der Waals surface area contributed by atoms with Crippen LogP contribution >= 0.6 is 11.8 Å². The molecule has 0 aromatic heterocycles. The summed E-state index contributed by atoms with van der Waals surface area (Å²) in [7, 11) is 0. The number of nitriles is 1. The molecule has 58 heavy (non-hydrogen) atoms. The van der Waals surface area contributed by atoms with Gasteiger partial charge < -0.3 is 5.32 Å². The minimum atomic E-state index is -0.436. The number of nitrogens with zero attached hydrogens (tertiary/aromatic N) is 3. The average Bonchev–Trinajstić information content (AvgIpc) is 3.60. The fourth-order valence-electron chi connectivity index (χ4n) is 9.85. The third kappa shape index (κ3) is 5.44. The lowest BCUT2D eigenvalue weighted by Gasteiger charge is -2.45. The molecule has 5 atom stereocenters. The van der Waals surface area contributed by atoms with Crippen molar-refractivity contribution in [2.24, 2.45) is 15.9 Å². The molecule has 5 aliphatic rings. The van der Waals surface area contributed by atoms with Crippen molar-refractivity contribution in [2.75, 3.05) is 0 Å². The second kappa shape index (κ2) is 14.0. The number of allylic oxidation sites excluding steroid dienone is 8. The summed E-state index contributed by atoms with van der Waals surface area (Å²) in [6.07, 6.45) is 16.0. The maximum absolute atomic E-state index is 9.68. The molecule has 276 valence electrons. The predicted octanol–water partition coefficient (Wildman–Crippen LogP) is 12.0. The molecule has 5 unspecified atom stereocenters. The summed E-state index contributed by atoms with van der Waals surface area (Å²) >= 11 is 1.88. The van der Waals surface area contributed by atoms with Crippen molar-refractivity contribution in [3.8, 4) is 17.2 Å². The van der Waals surface area contributed by atoms with Crippen LogP contribution in [0.1, 0.15) is 68.9 Å². The molecular weight excluding hydrogens is 725 g/mol. The molecule has 0 saturated carbocycles. The third-order valence-corrected chi connectivity index (χ3v) is 13.8. The summed E-state index contributed by atoms with van der Waals surface area (Å²) in [5.41, 5.74) is 12.5. The van der Waals surface area contributed by atoms with Gasteiger partial charge in [-0.25, -0.2) is 9.98 Å². The van der Waals surface area contributed by atoms with Crippen LogP contribution in [0.4, 0.5) is 0 Å². The molecule has 4 nitrogen and oxygen atoms in total. The Hall–Kier alpha value is -6.74. The van der Waals surface area contributed by atoms with Crippen molar-refractivity contribution in [1.82, 2.24) is 5.32 Å². The van der Waals surface area contributed by atoms with E-state index >= 15 is 0 Å². The molecule has 1 spiro atoms. The molecule has 5 heteroatoms. The Bertz CT molecular complexity index is 2840. The van der Waals surface area contributed by atoms with Crippen molar-refractivity contribution in [1.29, 1.82) is 5.26 Å². The highest BCUT2D eigenvalue weighted by molar-refractivity contribution is 7.99. The van der Waals surface area contributed by atoms with Gasteiger partial charge in [-0.05, 0) is 57.0 Å². The molecule has 11 rings (SSSR count). The van der Waals surface area contributed by atoms with E-state index in [0.717, 1.165) is 45.9 Å². The molecule has 0 fully saturated rings. The predicted molar refractivity (Wildman–Crippen MR) is 235 cm³/mol. The van der Waals surface area contributed by atoms with E-state index in [-0.39, 0.29) is 17.8 Å². The zero-order valence-corrected chi connectivity index (χ0v) is 32.5. The highest BCUT2D eigenvalue weighted by atomic mass is 32.2. The van der Waals surface area contributed by atoms with Crippen LogP contribution in [-0.2, 0) is 5.41 Å². The summed E-state index contributed by atoms with van der Waals surface area (Å²) in [5.74, 6) is 2.20. The second-order valence-corrected chi connectivity index (χ2v) is 16.5. The van der Waals surface area contributed by atoms with E-state index < -0.39 is 11.6 Å². The number of benzene rings is 6. The van der Waals surface area contributed by atoms with Crippen LogP contribution in [0.15, 0.2) is 213 Å². The first-order chi connectivity index (χ1) is 28.7. The van der Waals surface area contributed by atoms with Crippen LogP contribution in [0.3, 0.4) is 0 Å². The molecule has 0 bridgehead atoms. The van der Waals surface area contributed by atoms with Crippen molar-refractivity contribution >= 4 is 23.4 Å². The molecule has 6 aromatic rings. The Morgan fingerprint density at radius 2 is 1.26 bits per heavy atom. The minimum absolute atomic E-state index is 0.157. The number of amidine groups is 2. The van der Waals surface area contributed by atoms with E-state index in [1.54, 1.807) is 0 Å². The average molecular weight is 763 g/mol. The van der Waals surface area contributed by atoms with Gasteiger partial charge in [0.1, 0.15) is 11.7 Å². The zero-order valence-electron chi connectivity index (χ0n) is 31.7. The third-order valence-electron chi connectivity index (χ3n) is 12.5. The normalized spacial score (nSPS) is 23.3. The van der Waals surface area contributed by atoms with E-state index in [2.05, 4.69) is 181 Å². The minimum Gasteiger partial charge on any atom is -0.324 e. The Morgan fingerprint density at radius 3 is 2.05 bits per heavy atom. The van der Waals surface area contributed by atoms with Crippen LogP contribution in [-0.4, -0.2) is 11.7 Å². The van der Waals surface area contributed by atoms with Gasteiger partial charge in [0.2, 0.25) is 0 Å². The lowest BCUT2D eigenvalue weighted by atomic mass is 9.62. The fourth-order valence-corrected chi connectivity index (χ4v) is 11.3. The molecule has 6 aromatic carbocycles. The highest BCUT2D eigenvalue weighted by Crippen LogP contribution is 2.65. The van der Waals surface area contributed by atoms with E-state index in [1.165, 1.54) is 43.2 Å². The molecule has 0 saturated heterocycles. The van der Waals surface area contributed by atoms with Gasteiger partial charge in [-0.2, -0.15) is 5.26 Å². The number of hydrogen-bond acceptors (Lipinski definition) is 5. The fraction of sp³-hybridized carbons (Fsp3) is 0.113.